The van der Waals surface area contributed by atoms with Crippen molar-refractivity contribution in [1.29, 1.82) is 0 Å². The fourth-order valence-electron chi connectivity index (χ4n) is 1.81. The Balaban J connectivity index is 1.90. The molecule has 1 fully saturated rings. The number of hydrogen-bond donors (Lipinski definition) is 0. The van der Waals surface area contributed by atoms with Crippen molar-refractivity contribution < 1.29 is 0 Å². The Morgan fingerprint density at radius 3 is 2.76 bits per heavy atom. The van der Waals surface area contributed by atoms with E-state index in [2.05, 4.69) is 20.3 Å². The van der Waals surface area contributed by atoms with Crippen LogP contribution in [0.2, 0.25) is 0 Å². The highest BCUT2D eigenvalue weighted by molar-refractivity contribution is 7.16. The zero-order valence-corrected chi connectivity index (χ0v) is 9.76. The van der Waals surface area contributed by atoms with Crippen LogP contribution in [0.5, 0.6) is 0 Å². The van der Waals surface area contributed by atoms with Gasteiger partial charge in [-0.05, 0) is 25.0 Å². The van der Waals surface area contributed by atoms with Crippen LogP contribution < -0.4 is 0 Å². The molecule has 0 aliphatic heterocycles. The predicted octanol–water partition coefficient (Wildman–Crippen LogP) is 2.13. The van der Waals surface area contributed by atoms with Crippen molar-refractivity contribution in [3.63, 3.8) is 0 Å². The maximum Gasteiger partial charge on any atom is 0.234 e. The molecule has 1 aliphatic carbocycles. The molecular formula is C11H9N5S. The molecule has 0 unspecified atom stereocenters. The van der Waals surface area contributed by atoms with Gasteiger partial charge in [0, 0.05) is 23.9 Å². The summed E-state index contributed by atoms with van der Waals surface area (Å²) < 4.78 is 1.84. The first-order chi connectivity index (χ1) is 8.42. The molecule has 0 atom stereocenters. The van der Waals surface area contributed by atoms with Gasteiger partial charge in [-0.3, -0.25) is 4.98 Å². The van der Waals surface area contributed by atoms with Crippen molar-refractivity contribution in [3.8, 4) is 11.4 Å². The summed E-state index contributed by atoms with van der Waals surface area (Å²) >= 11 is 1.65. The quantitative estimate of drug-likeness (QED) is 0.691. The first-order valence-electron chi connectivity index (χ1n) is 5.54. The van der Waals surface area contributed by atoms with Gasteiger partial charge in [0.2, 0.25) is 4.96 Å². The van der Waals surface area contributed by atoms with Crippen molar-refractivity contribution >= 4 is 16.3 Å². The van der Waals surface area contributed by atoms with Crippen LogP contribution in [-0.2, 0) is 0 Å². The highest BCUT2D eigenvalue weighted by Crippen LogP contribution is 2.42. The number of fused-ring (bicyclic) bond motifs is 1. The van der Waals surface area contributed by atoms with Gasteiger partial charge in [0.15, 0.2) is 5.82 Å². The van der Waals surface area contributed by atoms with Crippen LogP contribution in [0.1, 0.15) is 23.8 Å². The molecule has 0 spiro atoms. The van der Waals surface area contributed by atoms with Gasteiger partial charge in [-0.25, -0.2) is 0 Å². The van der Waals surface area contributed by atoms with Crippen LogP contribution in [0.15, 0.2) is 24.5 Å². The van der Waals surface area contributed by atoms with Crippen molar-refractivity contribution in [2.45, 2.75) is 18.8 Å². The van der Waals surface area contributed by atoms with Crippen LogP contribution in [0.3, 0.4) is 0 Å². The van der Waals surface area contributed by atoms with Gasteiger partial charge in [0.1, 0.15) is 5.01 Å². The minimum Gasteiger partial charge on any atom is -0.265 e. The third-order valence-corrected chi connectivity index (χ3v) is 3.93. The molecule has 5 nitrogen and oxygen atoms in total. The summed E-state index contributed by atoms with van der Waals surface area (Å²) in [6.07, 6.45) is 6.03. The molecule has 17 heavy (non-hydrogen) atoms. The molecular weight excluding hydrogens is 234 g/mol. The first kappa shape index (κ1) is 9.23. The van der Waals surface area contributed by atoms with Crippen LogP contribution in [0.4, 0.5) is 0 Å². The van der Waals surface area contributed by atoms with Crippen molar-refractivity contribution in [1.82, 2.24) is 24.8 Å². The third-order valence-electron chi connectivity index (χ3n) is 2.87. The third kappa shape index (κ3) is 1.44. The molecule has 1 saturated carbocycles. The summed E-state index contributed by atoms with van der Waals surface area (Å²) in [5, 5.41) is 14.1. The van der Waals surface area contributed by atoms with E-state index in [9.17, 15) is 0 Å². The first-order valence-corrected chi connectivity index (χ1v) is 6.36. The lowest BCUT2D eigenvalue weighted by molar-refractivity contribution is 0.901. The number of rotatable bonds is 2. The largest absolute Gasteiger partial charge is 0.265 e. The van der Waals surface area contributed by atoms with Gasteiger partial charge in [0.25, 0.3) is 0 Å². The summed E-state index contributed by atoms with van der Waals surface area (Å²) in [5.74, 6) is 1.46. The maximum atomic E-state index is 4.60. The molecule has 3 heterocycles. The minimum atomic E-state index is 0.659. The lowest BCUT2D eigenvalue weighted by atomic mass is 10.2. The Morgan fingerprint density at radius 2 is 2.00 bits per heavy atom. The van der Waals surface area contributed by atoms with E-state index >= 15 is 0 Å². The van der Waals surface area contributed by atoms with Gasteiger partial charge in [0.05, 0.1) is 0 Å². The summed E-state index contributed by atoms with van der Waals surface area (Å²) in [6, 6.07) is 3.85. The topological polar surface area (TPSA) is 56.0 Å². The highest BCUT2D eigenvalue weighted by atomic mass is 32.1. The van der Waals surface area contributed by atoms with E-state index in [0.717, 1.165) is 16.3 Å². The fraction of sp³-hybridized carbons (Fsp3) is 0.273. The Morgan fingerprint density at radius 1 is 1.18 bits per heavy atom. The van der Waals surface area contributed by atoms with E-state index in [1.54, 1.807) is 23.7 Å². The van der Waals surface area contributed by atoms with Gasteiger partial charge >= 0.3 is 0 Å². The van der Waals surface area contributed by atoms with Crippen molar-refractivity contribution in [2.24, 2.45) is 0 Å². The second-order valence-electron chi connectivity index (χ2n) is 4.17. The molecule has 0 bridgehead atoms. The lowest BCUT2D eigenvalue weighted by Crippen LogP contribution is -1.91. The zero-order chi connectivity index (χ0) is 11.2. The Hall–Kier alpha value is -1.82. The Bertz CT molecular complexity index is 668. The van der Waals surface area contributed by atoms with E-state index in [0.29, 0.717) is 5.92 Å². The Labute approximate surface area is 101 Å². The molecule has 3 aromatic rings. The normalized spacial score (nSPS) is 15.5. The maximum absolute atomic E-state index is 4.60. The van der Waals surface area contributed by atoms with E-state index < -0.39 is 0 Å². The average molecular weight is 243 g/mol. The lowest BCUT2D eigenvalue weighted by Gasteiger charge is -1.94. The molecule has 3 aromatic heterocycles. The second-order valence-corrected chi connectivity index (χ2v) is 5.16. The monoisotopic (exact) mass is 243 g/mol. The van der Waals surface area contributed by atoms with E-state index in [1.165, 1.54) is 17.8 Å². The summed E-state index contributed by atoms with van der Waals surface area (Å²) in [7, 11) is 0. The molecule has 0 radical (unpaired) electrons. The molecule has 0 aromatic carbocycles. The standard InChI is InChI=1S/C11H9N5S/c1-2-8(1)10-15-16-9(13-14-11(16)17-10)7-3-5-12-6-4-7/h3-6,8H,1-2H2. The van der Waals surface area contributed by atoms with Crippen LogP contribution >= 0.6 is 11.3 Å². The molecule has 4 rings (SSSR count). The average Bonchev–Trinajstić information content (AvgIpc) is 3.01. The number of hydrogen-bond acceptors (Lipinski definition) is 5. The summed E-state index contributed by atoms with van der Waals surface area (Å²) in [6.45, 7) is 0. The zero-order valence-electron chi connectivity index (χ0n) is 8.95. The molecule has 0 N–H and O–H groups in total. The van der Waals surface area contributed by atoms with Gasteiger partial charge in [-0.2, -0.15) is 9.61 Å². The number of nitrogens with zero attached hydrogens (tertiary/aromatic N) is 5. The summed E-state index contributed by atoms with van der Waals surface area (Å²) in [4.78, 5) is 4.88. The SMILES string of the molecule is c1cc(-c2nnc3sc(C4CC4)nn23)ccn1. The molecule has 1 aliphatic rings. The minimum absolute atomic E-state index is 0.659. The number of aromatic nitrogens is 5. The van der Waals surface area contributed by atoms with E-state index in [-0.39, 0.29) is 0 Å². The molecule has 0 saturated heterocycles. The molecule has 84 valence electrons. The van der Waals surface area contributed by atoms with Crippen molar-refractivity contribution in [2.75, 3.05) is 0 Å². The van der Waals surface area contributed by atoms with Gasteiger partial charge < -0.3 is 0 Å². The van der Waals surface area contributed by atoms with Gasteiger partial charge in [-0.15, -0.1) is 10.2 Å². The van der Waals surface area contributed by atoms with E-state index in [4.69, 9.17) is 0 Å². The second kappa shape index (κ2) is 3.33. The number of pyridine rings is 1. The molecule has 0 amide bonds. The van der Waals surface area contributed by atoms with Crippen LogP contribution in [0.25, 0.3) is 16.3 Å². The van der Waals surface area contributed by atoms with Crippen LogP contribution in [-0.4, -0.2) is 24.8 Å². The van der Waals surface area contributed by atoms with E-state index in [1.807, 2.05) is 16.6 Å². The molecule has 6 heteroatoms. The summed E-state index contributed by atoms with van der Waals surface area (Å²) in [5.41, 5.74) is 1.00. The Kier molecular flexibility index (Phi) is 1.81. The fourth-order valence-corrected chi connectivity index (χ4v) is 2.82. The smallest absolute Gasteiger partial charge is 0.234 e. The van der Waals surface area contributed by atoms with Gasteiger partial charge in [-0.1, -0.05) is 11.3 Å². The van der Waals surface area contributed by atoms with Crippen LogP contribution in [0, 0.1) is 0 Å². The van der Waals surface area contributed by atoms with Crippen molar-refractivity contribution in [3.05, 3.63) is 29.5 Å². The predicted molar refractivity (Wildman–Crippen MR) is 63.9 cm³/mol. The highest BCUT2D eigenvalue weighted by Gasteiger charge is 2.28.